The molecule has 0 bridgehead atoms. The van der Waals surface area contributed by atoms with E-state index < -0.39 is 0 Å². The highest BCUT2D eigenvalue weighted by Gasteiger charge is 2.02. The second-order valence-corrected chi connectivity index (χ2v) is 2.01. The first kappa shape index (κ1) is 10.0. The van der Waals surface area contributed by atoms with E-state index in [1.54, 1.807) is 18.2 Å². The van der Waals surface area contributed by atoms with E-state index in [9.17, 15) is 0 Å². The van der Waals surface area contributed by atoms with Crippen molar-refractivity contribution in [1.82, 2.24) is 5.32 Å². The van der Waals surface area contributed by atoms with Crippen LogP contribution < -0.4 is 5.32 Å². The summed E-state index contributed by atoms with van der Waals surface area (Å²) < 4.78 is 0. The molecule has 0 saturated heterocycles. The minimum atomic E-state index is -0.161. The molecule has 0 aliphatic rings. The smallest absolute Gasteiger partial charge is 0.163 e. The van der Waals surface area contributed by atoms with Crippen LogP contribution in [0.25, 0.3) is 0 Å². The first-order chi connectivity index (χ1) is 5.79. The Balaban J connectivity index is 4.57. The monoisotopic (exact) mass is 160 g/mol. The van der Waals surface area contributed by atoms with E-state index in [1.807, 2.05) is 6.92 Å². The highest BCUT2D eigenvalue weighted by Crippen LogP contribution is 1.97. The second-order valence-electron chi connectivity index (χ2n) is 2.01. The zero-order chi connectivity index (χ0) is 9.40. The third kappa shape index (κ3) is 2.73. The van der Waals surface area contributed by atoms with Gasteiger partial charge in [-0.25, -0.2) is 0 Å². The van der Waals surface area contributed by atoms with Gasteiger partial charge < -0.3 is 5.32 Å². The summed E-state index contributed by atoms with van der Waals surface area (Å²) >= 11 is 0. The van der Waals surface area contributed by atoms with Crippen LogP contribution in [0.3, 0.4) is 0 Å². The lowest BCUT2D eigenvalue weighted by atomic mass is 10.2. The van der Waals surface area contributed by atoms with Gasteiger partial charge in [0.25, 0.3) is 0 Å². The van der Waals surface area contributed by atoms with E-state index >= 15 is 0 Å². The molecule has 0 aliphatic heterocycles. The van der Waals surface area contributed by atoms with E-state index in [0.29, 0.717) is 6.54 Å². The number of nitrogens with one attached hydrogen (secondary N) is 1. The van der Waals surface area contributed by atoms with Gasteiger partial charge in [0.05, 0.1) is 0 Å². The molecule has 0 heterocycles. The predicted molar refractivity (Wildman–Crippen MR) is 42.2 cm³/mol. The van der Waals surface area contributed by atoms with E-state index in [1.165, 1.54) is 0 Å². The summed E-state index contributed by atoms with van der Waals surface area (Å²) in [6.07, 6.45) is 0.843. The molecule has 60 valence electrons. The van der Waals surface area contributed by atoms with Gasteiger partial charge >= 0.3 is 0 Å². The van der Waals surface area contributed by atoms with Gasteiger partial charge in [-0.1, -0.05) is 6.92 Å². The van der Waals surface area contributed by atoms with Crippen LogP contribution in [-0.4, -0.2) is 6.54 Å². The largest absolute Gasteiger partial charge is 0.375 e. The third-order valence-corrected chi connectivity index (χ3v) is 1.14. The Morgan fingerprint density at radius 3 is 2.08 bits per heavy atom. The van der Waals surface area contributed by atoms with Crippen LogP contribution in [0.15, 0.2) is 11.3 Å². The second kappa shape index (κ2) is 5.77. The molecule has 12 heavy (non-hydrogen) atoms. The van der Waals surface area contributed by atoms with E-state index in [0.717, 1.165) is 6.42 Å². The quantitative estimate of drug-likeness (QED) is 0.619. The van der Waals surface area contributed by atoms with Crippen LogP contribution in [0, 0.1) is 34.0 Å². The molecule has 0 aromatic rings. The Kier molecular flexibility index (Phi) is 4.81. The third-order valence-electron chi connectivity index (χ3n) is 1.14. The Labute approximate surface area is 71.3 Å². The first-order valence-electron chi connectivity index (χ1n) is 3.48. The van der Waals surface area contributed by atoms with Crippen molar-refractivity contribution in [2.45, 2.75) is 13.3 Å². The maximum Gasteiger partial charge on any atom is 0.163 e. The standard InChI is InChI=1S/C8H8N4/c1-2-3-12-8(6-11)7(4-9)5-10/h12H,2-3H2,1H3. The van der Waals surface area contributed by atoms with Crippen molar-refractivity contribution in [3.05, 3.63) is 11.3 Å². The van der Waals surface area contributed by atoms with Crippen molar-refractivity contribution in [3.8, 4) is 18.2 Å². The van der Waals surface area contributed by atoms with Crippen LogP contribution >= 0.6 is 0 Å². The van der Waals surface area contributed by atoms with E-state index in [-0.39, 0.29) is 11.3 Å². The summed E-state index contributed by atoms with van der Waals surface area (Å²) in [7, 11) is 0. The van der Waals surface area contributed by atoms with Crippen molar-refractivity contribution in [1.29, 1.82) is 15.8 Å². The van der Waals surface area contributed by atoms with Crippen molar-refractivity contribution in [2.75, 3.05) is 6.54 Å². The molecule has 0 amide bonds. The SMILES string of the molecule is CCCNC(C#N)=C(C#N)C#N. The molecule has 1 N–H and O–H groups in total. The maximum absolute atomic E-state index is 8.51. The fraction of sp³-hybridized carbons (Fsp3) is 0.375. The van der Waals surface area contributed by atoms with Gasteiger partial charge in [0.1, 0.15) is 23.9 Å². The number of nitriles is 3. The number of hydrogen-bond acceptors (Lipinski definition) is 4. The summed E-state index contributed by atoms with van der Waals surface area (Å²) in [5, 5.41) is 28.0. The van der Waals surface area contributed by atoms with Crippen molar-refractivity contribution >= 4 is 0 Å². The lowest BCUT2D eigenvalue weighted by molar-refractivity contribution is 0.784. The molecular weight excluding hydrogens is 152 g/mol. The summed E-state index contributed by atoms with van der Waals surface area (Å²) in [4.78, 5) is 0. The van der Waals surface area contributed by atoms with Gasteiger partial charge in [-0.3, -0.25) is 0 Å². The number of allylic oxidation sites excluding steroid dienone is 2. The van der Waals surface area contributed by atoms with Crippen molar-refractivity contribution in [3.63, 3.8) is 0 Å². The van der Waals surface area contributed by atoms with Crippen LogP contribution in [0.1, 0.15) is 13.3 Å². The Hall–Kier alpha value is -1.99. The molecule has 4 nitrogen and oxygen atoms in total. The molecule has 0 atom stereocenters. The minimum absolute atomic E-state index is 0.0573. The zero-order valence-corrected chi connectivity index (χ0v) is 6.76. The fourth-order valence-electron chi connectivity index (χ4n) is 0.571. The molecule has 0 unspecified atom stereocenters. The summed E-state index contributed by atoms with van der Waals surface area (Å²) in [6, 6.07) is 5.05. The first-order valence-corrected chi connectivity index (χ1v) is 3.48. The number of rotatable bonds is 3. The summed E-state index contributed by atoms with van der Waals surface area (Å²) in [6.45, 7) is 2.52. The lowest BCUT2D eigenvalue weighted by Crippen LogP contribution is -2.14. The average Bonchev–Trinajstić information content (AvgIpc) is 2.12. The molecular formula is C8H8N4. The molecule has 0 aromatic carbocycles. The van der Waals surface area contributed by atoms with E-state index in [2.05, 4.69) is 5.32 Å². The summed E-state index contributed by atoms with van der Waals surface area (Å²) in [5.41, 5.74) is -0.104. The maximum atomic E-state index is 8.51. The molecule has 0 rings (SSSR count). The molecule has 0 fully saturated rings. The average molecular weight is 160 g/mol. The molecule has 0 aliphatic carbocycles. The van der Waals surface area contributed by atoms with Crippen molar-refractivity contribution in [2.24, 2.45) is 0 Å². The van der Waals surface area contributed by atoms with Gasteiger partial charge in [0.15, 0.2) is 5.57 Å². The van der Waals surface area contributed by atoms with E-state index in [4.69, 9.17) is 15.8 Å². The van der Waals surface area contributed by atoms with Crippen LogP contribution in [0.4, 0.5) is 0 Å². The van der Waals surface area contributed by atoms with Gasteiger partial charge in [-0.05, 0) is 6.42 Å². The Morgan fingerprint density at radius 2 is 1.75 bits per heavy atom. The van der Waals surface area contributed by atoms with Crippen LogP contribution in [0.5, 0.6) is 0 Å². The Morgan fingerprint density at radius 1 is 1.17 bits per heavy atom. The topological polar surface area (TPSA) is 83.4 Å². The summed E-state index contributed by atoms with van der Waals surface area (Å²) in [5.74, 6) is 0. The predicted octanol–water partition coefficient (Wildman–Crippen LogP) is 0.811. The Bertz CT molecular complexity index is 278. The number of nitrogens with zero attached hydrogens (tertiary/aromatic N) is 3. The molecule has 0 spiro atoms. The van der Waals surface area contributed by atoms with Gasteiger partial charge in [-0.15, -0.1) is 0 Å². The van der Waals surface area contributed by atoms with Gasteiger partial charge in [0, 0.05) is 6.54 Å². The molecule has 4 heteroatoms. The van der Waals surface area contributed by atoms with Crippen molar-refractivity contribution < 1.29 is 0 Å². The highest BCUT2D eigenvalue weighted by atomic mass is 14.9. The minimum Gasteiger partial charge on any atom is -0.375 e. The van der Waals surface area contributed by atoms with Crippen LogP contribution in [-0.2, 0) is 0 Å². The van der Waals surface area contributed by atoms with Gasteiger partial charge in [-0.2, -0.15) is 15.8 Å². The highest BCUT2D eigenvalue weighted by molar-refractivity contribution is 5.44. The molecule has 0 saturated carbocycles. The van der Waals surface area contributed by atoms with Crippen LogP contribution in [0.2, 0.25) is 0 Å². The zero-order valence-electron chi connectivity index (χ0n) is 6.76. The normalized spacial score (nSPS) is 7.17. The number of hydrogen-bond donors (Lipinski definition) is 1. The van der Waals surface area contributed by atoms with Gasteiger partial charge in [0.2, 0.25) is 0 Å². The fourth-order valence-corrected chi connectivity index (χ4v) is 0.571. The molecule has 0 radical (unpaired) electrons. The lowest BCUT2D eigenvalue weighted by Gasteiger charge is -1.99. The molecule has 0 aromatic heterocycles.